The predicted molar refractivity (Wildman–Crippen MR) is 88.1 cm³/mol. The molecule has 0 saturated carbocycles. The van der Waals surface area contributed by atoms with E-state index in [1.165, 1.54) is 0 Å². The summed E-state index contributed by atoms with van der Waals surface area (Å²) in [5, 5.41) is 3.01. The Labute approximate surface area is 128 Å². The van der Waals surface area contributed by atoms with Gasteiger partial charge in [0.05, 0.1) is 12.1 Å². The summed E-state index contributed by atoms with van der Waals surface area (Å²) in [7, 11) is 0. The molecule has 0 aliphatic rings. The van der Waals surface area contributed by atoms with Crippen LogP contribution in [-0.4, -0.2) is 19.0 Å². The van der Waals surface area contributed by atoms with E-state index in [1.54, 1.807) is 0 Å². The van der Waals surface area contributed by atoms with Crippen molar-refractivity contribution in [2.75, 3.05) is 13.1 Å². The van der Waals surface area contributed by atoms with Crippen molar-refractivity contribution in [2.45, 2.75) is 34.6 Å². The van der Waals surface area contributed by atoms with Crippen LogP contribution in [-0.2, 0) is 0 Å². The molecular formula is C18H26N2O. The van der Waals surface area contributed by atoms with Crippen LogP contribution in [0.2, 0.25) is 0 Å². The third-order valence-electron chi connectivity index (χ3n) is 3.79. The van der Waals surface area contributed by atoms with Crippen LogP contribution in [0.5, 0.6) is 0 Å². The molecule has 21 heavy (non-hydrogen) atoms. The van der Waals surface area contributed by atoms with E-state index in [0.29, 0.717) is 18.0 Å². The first-order valence-corrected chi connectivity index (χ1v) is 7.33. The molecule has 1 amide bonds. The minimum Gasteiger partial charge on any atom is -0.352 e. The maximum Gasteiger partial charge on any atom is 0.252 e. The highest BCUT2D eigenvalue weighted by Gasteiger charge is 2.21. The Hall–Kier alpha value is -1.79. The lowest BCUT2D eigenvalue weighted by Crippen LogP contribution is -2.34. The Morgan fingerprint density at radius 3 is 2.62 bits per heavy atom. The van der Waals surface area contributed by atoms with E-state index in [4.69, 9.17) is 5.73 Å². The molecule has 3 heteroatoms. The highest BCUT2D eigenvalue weighted by molar-refractivity contribution is 5.97. The van der Waals surface area contributed by atoms with Crippen molar-refractivity contribution >= 4 is 5.91 Å². The molecule has 0 aliphatic carbocycles. The van der Waals surface area contributed by atoms with Crippen LogP contribution in [0.3, 0.4) is 0 Å². The summed E-state index contributed by atoms with van der Waals surface area (Å²) in [5.41, 5.74) is 7.97. The second-order valence-corrected chi connectivity index (χ2v) is 6.53. The van der Waals surface area contributed by atoms with Crippen molar-refractivity contribution in [1.29, 1.82) is 0 Å². The van der Waals surface area contributed by atoms with Crippen LogP contribution >= 0.6 is 0 Å². The maximum atomic E-state index is 12.4. The molecule has 0 spiro atoms. The van der Waals surface area contributed by atoms with E-state index >= 15 is 0 Å². The zero-order valence-electron chi connectivity index (χ0n) is 13.7. The summed E-state index contributed by atoms with van der Waals surface area (Å²) >= 11 is 0. The highest BCUT2D eigenvalue weighted by Crippen LogP contribution is 2.24. The SMILES string of the molecule is Cc1ccc(C#CCN)c(C(=O)NCC(C)C(C)(C)C)c1. The lowest BCUT2D eigenvalue weighted by atomic mass is 9.82. The summed E-state index contributed by atoms with van der Waals surface area (Å²) < 4.78 is 0. The van der Waals surface area contributed by atoms with Gasteiger partial charge in [-0.2, -0.15) is 0 Å². The van der Waals surface area contributed by atoms with Crippen LogP contribution in [0.15, 0.2) is 18.2 Å². The number of hydrogen-bond donors (Lipinski definition) is 2. The number of carbonyl (C=O) groups excluding carboxylic acids is 1. The zero-order valence-corrected chi connectivity index (χ0v) is 13.7. The van der Waals surface area contributed by atoms with Gasteiger partial charge < -0.3 is 11.1 Å². The number of hydrogen-bond acceptors (Lipinski definition) is 2. The van der Waals surface area contributed by atoms with Crippen LogP contribution < -0.4 is 11.1 Å². The predicted octanol–water partition coefficient (Wildman–Crippen LogP) is 2.72. The first kappa shape index (κ1) is 17.3. The number of carbonyl (C=O) groups is 1. The van der Waals surface area contributed by atoms with Gasteiger partial charge in [-0.3, -0.25) is 4.79 Å². The molecule has 0 heterocycles. The van der Waals surface area contributed by atoms with Crippen molar-refractivity contribution in [3.63, 3.8) is 0 Å². The number of nitrogens with two attached hydrogens (primary N) is 1. The molecular weight excluding hydrogens is 260 g/mol. The summed E-state index contributed by atoms with van der Waals surface area (Å²) in [6.45, 7) is 11.6. The van der Waals surface area contributed by atoms with Crippen LogP contribution in [0, 0.1) is 30.1 Å². The van der Waals surface area contributed by atoms with E-state index in [-0.39, 0.29) is 17.9 Å². The second-order valence-electron chi connectivity index (χ2n) is 6.53. The van der Waals surface area contributed by atoms with Crippen LogP contribution in [0.1, 0.15) is 49.2 Å². The minimum absolute atomic E-state index is 0.0730. The van der Waals surface area contributed by atoms with Crippen molar-refractivity contribution in [2.24, 2.45) is 17.1 Å². The number of benzene rings is 1. The van der Waals surface area contributed by atoms with Crippen LogP contribution in [0.4, 0.5) is 0 Å². The summed E-state index contributed by atoms with van der Waals surface area (Å²) in [6.07, 6.45) is 0. The van der Waals surface area contributed by atoms with E-state index < -0.39 is 0 Å². The molecule has 0 aromatic heterocycles. The Kier molecular flexibility index (Phi) is 5.99. The number of rotatable bonds is 3. The van der Waals surface area contributed by atoms with Crippen molar-refractivity contribution < 1.29 is 4.79 Å². The van der Waals surface area contributed by atoms with Crippen molar-refractivity contribution in [3.05, 3.63) is 34.9 Å². The molecule has 3 nitrogen and oxygen atoms in total. The topological polar surface area (TPSA) is 55.1 Å². The van der Waals surface area contributed by atoms with E-state index in [2.05, 4.69) is 44.9 Å². The van der Waals surface area contributed by atoms with Gasteiger partial charge in [-0.1, -0.05) is 51.2 Å². The molecule has 114 valence electrons. The molecule has 1 aromatic rings. The zero-order chi connectivity index (χ0) is 16.0. The largest absolute Gasteiger partial charge is 0.352 e. The number of nitrogens with one attached hydrogen (secondary N) is 1. The molecule has 0 bridgehead atoms. The Morgan fingerprint density at radius 1 is 1.38 bits per heavy atom. The van der Waals surface area contributed by atoms with E-state index in [1.807, 2.05) is 25.1 Å². The van der Waals surface area contributed by atoms with Crippen LogP contribution in [0.25, 0.3) is 0 Å². The molecule has 1 atom stereocenters. The summed E-state index contributed by atoms with van der Waals surface area (Å²) in [5.74, 6) is 6.09. The van der Waals surface area contributed by atoms with E-state index in [9.17, 15) is 4.79 Å². The molecule has 0 saturated heterocycles. The average molecular weight is 286 g/mol. The lowest BCUT2D eigenvalue weighted by Gasteiger charge is -2.27. The van der Waals surface area contributed by atoms with Gasteiger partial charge >= 0.3 is 0 Å². The molecule has 3 N–H and O–H groups in total. The molecule has 0 aliphatic heterocycles. The third kappa shape index (κ3) is 5.24. The summed E-state index contributed by atoms with van der Waals surface area (Å²) in [6, 6.07) is 5.70. The fourth-order valence-electron chi connectivity index (χ4n) is 1.75. The van der Waals surface area contributed by atoms with Crippen molar-refractivity contribution in [1.82, 2.24) is 5.32 Å². The quantitative estimate of drug-likeness (QED) is 0.839. The van der Waals surface area contributed by atoms with Gasteiger partial charge in [-0.15, -0.1) is 0 Å². The Morgan fingerprint density at radius 2 is 2.05 bits per heavy atom. The molecule has 0 radical (unpaired) electrons. The Balaban J connectivity index is 2.89. The standard InChI is InChI=1S/C18H26N2O/c1-13-8-9-15(7-6-10-19)16(11-13)17(21)20-12-14(2)18(3,4)5/h8-9,11,14H,10,12,19H2,1-5H3,(H,20,21). The lowest BCUT2D eigenvalue weighted by molar-refractivity contribution is 0.0936. The Bertz CT molecular complexity index is 559. The van der Waals surface area contributed by atoms with Gasteiger partial charge in [0.1, 0.15) is 0 Å². The normalized spacial score (nSPS) is 12.3. The monoisotopic (exact) mass is 286 g/mol. The first-order chi connectivity index (χ1) is 9.75. The molecule has 1 unspecified atom stereocenters. The fraction of sp³-hybridized carbons (Fsp3) is 0.500. The van der Waals surface area contributed by atoms with E-state index in [0.717, 1.165) is 11.1 Å². The second kappa shape index (κ2) is 7.28. The fourth-order valence-corrected chi connectivity index (χ4v) is 1.75. The minimum atomic E-state index is -0.0730. The summed E-state index contributed by atoms with van der Waals surface area (Å²) in [4.78, 5) is 12.4. The molecule has 0 fully saturated rings. The molecule has 1 rings (SSSR count). The average Bonchev–Trinajstić information content (AvgIpc) is 2.41. The third-order valence-corrected chi connectivity index (χ3v) is 3.79. The molecule has 1 aromatic carbocycles. The van der Waals surface area contributed by atoms with Gasteiger partial charge in [-0.25, -0.2) is 0 Å². The first-order valence-electron chi connectivity index (χ1n) is 7.33. The van der Waals surface area contributed by atoms with Gasteiger partial charge in [0.25, 0.3) is 5.91 Å². The number of amides is 1. The van der Waals surface area contributed by atoms with Gasteiger partial charge in [0.15, 0.2) is 0 Å². The van der Waals surface area contributed by atoms with Gasteiger partial charge in [0.2, 0.25) is 0 Å². The maximum absolute atomic E-state index is 12.4. The van der Waals surface area contributed by atoms with Gasteiger partial charge in [0, 0.05) is 12.1 Å². The number of aryl methyl sites for hydroxylation is 1. The van der Waals surface area contributed by atoms with Crippen molar-refractivity contribution in [3.8, 4) is 11.8 Å². The smallest absolute Gasteiger partial charge is 0.252 e. The van der Waals surface area contributed by atoms with Gasteiger partial charge in [-0.05, 0) is 30.4 Å². The highest BCUT2D eigenvalue weighted by atomic mass is 16.1.